The molecule has 1 unspecified atom stereocenters. The summed E-state index contributed by atoms with van der Waals surface area (Å²) in [5.74, 6) is 0.781. The van der Waals surface area contributed by atoms with Crippen molar-refractivity contribution in [3.8, 4) is 5.88 Å². The van der Waals surface area contributed by atoms with Crippen molar-refractivity contribution in [2.24, 2.45) is 0 Å². The number of nitrogens with zero attached hydrogens (tertiary/aromatic N) is 3. The molecule has 2 aromatic rings. The quantitative estimate of drug-likeness (QED) is 0.913. The second-order valence-electron chi connectivity index (χ2n) is 5.18. The molecule has 0 aromatic carbocycles. The van der Waals surface area contributed by atoms with E-state index in [1.165, 1.54) is 19.3 Å². The van der Waals surface area contributed by atoms with Gasteiger partial charge in [-0.1, -0.05) is 6.42 Å². The molecule has 1 aliphatic heterocycles. The molecule has 0 bridgehead atoms. The van der Waals surface area contributed by atoms with E-state index in [9.17, 15) is 0 Å². The van der Waals surface area contributed by atoms with Gasteiger partial charge in [0, 0.05) is 12.1 Å². The first-order chi connectivity index (χ1) is 9.33. The Morgan fingerprint density at radius 1 is 1.42 bits per heavy atom. The average Bonchev–Trinajstić information content (AvgIpc) is 2.88. The van der Waals surface area contributed by atoms with Crippen LogP contribution in [0.4, 0.5) is 0 Å². The molecule has 0 amide bonds. The summed E-state index contributed by atoms with van der Waals surface area (Å²) in [4.78, 5) is 4.20. The smallest absolute Gasteiger partial charge is 0.216 e. The molecule has 0 aliphatic carbocycles. The molecule has 2 aromatic heterocycles. The topological polar surface area (TPSA) is 51.5 Å². The van der Waals surface area contributed by atoms with Gasteiger partial charge in [0.05, 0.1) is 6.61 Å². The number of fused-ring (bicyclic) bond motifs is 1. The van der Waals surface area contributed by atoms with Crippen LogP contribution in [0.2, 0.25) is 0 Å². The molecule has 1 fully saturated rings. The minimum atomic E-state index is 0.602. The van der Waals surface area contributed by atoms with Gasteiger partial charge in [0.1, 0.15) is 6.33 Å². The van der Waals surface area contributed by atoms with E-state index >= 15 is 0 Å². The van der Waals surface area contributed by atoms with Crippen LogP contribution < -0.4 is 10.1 Å². The summed E-state index contributed by atoms with van der Waals surface area (Å²) < 4.78 is 7.63. The maximum atomic E-state index is 5.88. The van der Waals surface area contributed by atoms with E-state index in [-0.39, 0.29) is 0 Å². The van der Waals surface area contributed by atoms with Crippen LogP contribution in [0.15, 0.2) is 18.5 Å². The number of nitrogens with one attached hydrogen (secondary N) is 1. The Morgan fingerprint density at radius 3 is 3.21 bits per heavy atom. The maximum absolute atomic E-state index is 5.88. The third-order valence-electron chi connectivity index (χ3n) is 3.62. The molecule has 0 saturated carbocycles. The van der Waals surface area contributed by atoms with Gasteiger partial charge in [-0.15, -0.1) is 0 Å². The molecule has 1 N–H and O–H groups in total. The van der Waals surface area contributed by atoms with Gasteiger partial charge in [-0.25, -0.2) is 4.98 Å². The Bertz CT molecular complexity index is 545. The molecule has 3 heterocycles. The van der Waals surface area contributed by atoms with Crippen molar-refractivity contribution in [3.63, 3.8) is 0 Å². The Morgan fingerprint density at radius 2 is 2.37 bits per heavy atom. The number of aryl methyl sites for hydroxylation is 1. The largest absolute Gasteiger partial charge is 0.478 e. The van der Waals surface area contributed by atoms with E-state index in [1.54, 1.807) is 10.8 Å². The van der Waals surface area contributed by atoms with Crippen molar-refractivity contribution in [2.75, 3.05) is 13.2 Å². The Kier molecular flexibility index (Phi) is 3.64. The normalized spacial score (nSPS) is 19.7. The molecule has 5 heteroatoms. The lowest BCUT2D eigenvalue weighted by Crippen LogP contribution is -2.35. The molecular formula is C14H20N4O. The Hall–Kier alpha value is -1.62. The summed E-state index contributed by atoms with van der Waals surface area (Å²) in [5.41, 5.74) is 1.98. The highest BCUT2D eigenvalue weighted by molar-refractivity contribution is 5.43. The third-order valence-corrected chi connectivity index (χ3v) is 3.62. The van der Waals surface area contributed by atoms with Crippen LogP contribution in [0.25, 0.3) is 5.65 Å². The van der Waals surface area contributed by atoms with Crippen molar-refractivity contribution < 1.29 is 4.74 Å². The van der Waals surface area contributed by atoms with Crippen LogP contribution in [0, 0.1) is 6.92 Å². The van der Waals surface area contributed by atoms with E-state index in [2.05, 4.69) is 15.4 Å². The Labute approximate surface area is 113 Å². The van der Waals surface area contributed by atoms with Crippen LogP contribution in [0.3, 0.4) is 0 Å². The molecule has 0 radical (unpaired) electrons. The maximum Gasteiger partial charge on any atom is 0.216 e. The first-order valence-corrected chi connectivity index (χ1v) is 6.99. The van der Waals surface area contributed by atoms with Crippen molar-refractivity contribution >= 4 is 5.65 Å². The molecule has 1 saturated heterocycles. The van der Waals surface area contributed by atoms with E-state index in [0.29, 0.717) is 6.04 Å². The minimum Gasteiger partial charge on any atom is -0.478 e. The number of hydrogen-bond donors (Lipinski definition) is 1. The Balaban J connectivity index is 1.63. The highest BCUT2D eigenvalue weighted by Gasteiger charge is 2.13. The second kappa shape index (κ2) is 5.57. The number of hydrogen-bond acceptors (Lipinski definition) is 4. The zero-order chi connectivity index (χ0) is 13.1. The predicted octanol–water partition coefficient (Wildman–Crippen LogP) is 1.95. The molecule has 102 valence electrons. The summed E-state index contributed by atoms with van der Waals surface area (Å²) in [6.45, 7) is 3.91. The van der Waals surface area contributed by atoms with Gasteiger partial charge in [0.15, 0.2) is 5.65 Å². The minimum absolute atomic E-state index is 0.602. The molecule has 19 heavy (non-hydrogen) atoms. The van der Waals surface area contributed by atoms with Crippen molar-refractivity contribution in [3.05, 3.63) is 24.0 Å². The van der Waals surface area contributed by atoms with Crippen molar-refractivity contribution in [2.45, 2.75) is 38.6 Å². The molecule has 5 nitrogen and oxygen atoms in total. The van der Waals surface area contributed by atoms with Gasteiger partial charge in [-0.05, 0) is 44.4 Å². The number of pyridine rings is 1. The van der Waals surface area contributed by atoms with Gasteiger partial charge in [-0.3, -0.25) is 0 Å². The summed E-state index contributed by atoms with van der Waals surface area (Å²) in [6.07, 6.45) is 6.49. The van der Waals surface area contributed by atoms with Gasteiger partial charge in [0.2, 0.25) is 5.88 Å². The standard InChI is InChI=1S/C14H20N4O/c1-11-8-13-16-10-17-18(13)14(9-11)19-7-5-12-4-2-3-6-15-12/h8-10,12,15H,2-7H2,1H3. The fraction of sp³-hybridized carbons (Fsp3) is 0.571. The first-order valence-electron chi connectivity index (χ1n) is 6.99. The van der Waals surface area contributed by atoms with Crippen LogP contribution >= 0.6 is 0 Å². The van der Waals surface area contributed by atoms with E-state index in [0.717, 1.165) is 36.7 Å². The van der Waals surface area contributed by atoms with Crippen LogP contribution in [0.5, 0.6) is 5.88 Å². The summed E-state index contributed by atoms with van der Waals surface area (Å²) in [5, 5.41) is 7.72. The molecule has 1 atom stereocenters. The van der Waals surface area contributed by atoms with Gasteiger partial charge in [0.25, 0.3) is 0 Å². The van der Waals surface area contributed by atoms with Gasteiger partial charge < -0.3 is 10.1 Å². The van der Waals surface area contributed by atoms with Crippen molar-refractivity contribution in [1.82, 2.24) is 19.9 Å². The zero-order valence-corrected chi connectivity index (χ0v) is 11.3. The van der Waals surface area contributed by atoms with Crippen LogP contribution in [-0.2, 0) is 0 Å². The zero-order valence-electron chi connectivity index (χ0n) is 11.3. The van der Waals surface area contributed by atoms with E-state index in [1.807, 2.05) is 19.1 Å². The number of piperidine rings is 1. The summed E-state index contributed by atoms with van der Waals surface area (Å²) >= 11 is 0. The average molecular weight is 260 g/mol. The molecule has 0 spiro atoms. The lowest BCUT2D eigenvalue weighted by atomic mass is 10.0. The fourth-order valence-electron chi connectivity index (χ4n) is 2.60. The monoisotopic (exact) mass is 260 g/mol. The molecule has 3 rings (SSSR count). The van der Waals surface area contributed by atoms with Crippen LogP contribution in [0.1, 0.15) is 31.2 Å². The lowest BCUT2D eigenvalue weighted by Gasteiger charge is -2.23. The third kappa shape index (κ3) is 2.87. The molecular weight excluding hydrogens is 240 g/mol. The van der Waals surface area contributed by atoms with Crippen LogP contribution in [-0.4, -0.2) is 33.8 Å². The number of ether oxygens (including phenoxy) is 1. The summed E-state index contributed by atoms with van der Waals surface area (Å²) in [6, 6.07) is 4.61. The highest BCUT2D eigenvalue weighted by atomic mass is 16.5. The first kappa shape index (κ1) is 12.4. The van der Waals surface area contributed by atoms with Gasteiger partial charge in [-0.2, -0.15) is 9.61 Å². The summed E-state index contributed by atoms with van der Waals surface area (Å²) in [7, 11) is 0. The fourth-order valence-corrected chi connectivity index (χ4v) is 2.60. The van der Waals surface area contributed by atoms with Gasteiger partial charge >= 0.3 is 0 Å². The molecule has 1 aliphatic rings. The second-order valence-corrected chi connectivity index (χ2v) is 5.18. The highest BCUT2D eigenvalue weighted by Crippen LogP contribution is 2.16. The van der Waals surface area contributed by atoms with E-state index in [4.69, 9.17) is 4.74 Å². The SMILES string of the molecule is Cc1cc(OCCC2CCCCN2)n2ncnc2c1. The predicted molar refractivity (Wildman–Crippen MR) is 73.5 cm³/mol. The van der Waals surface area contributed by atoms with E-state index < -0.39 is 0 Å². The lowest BCUT2D eigenvalue weighted by molar-refractivity contribution is 0.255. The number of aromatic nitrogens is 3. The number of rotatable bonds is 4. The van der Waals surface area contributed by atoms with Crippen molar-refractivity contribution in [1.29, 1.82) is 0 Å².